The highest BCUT2D eigenvalue weighted by Gasteiger charge is 2.08. The maximum atomic E-state index is 10.4. The van der Waals surface area contributed by atoms with Gasteiger partial charge in [0, 0.05) is 4.47 Å². The maximum absolute atomic E-state index is 10.4. The Bertz CT molecular complexity index is 349. The molecule has 0 saturated heterocycles. The van der Waals surface area contributed by atoms with E-state index in [-0.39, 0.29) is 12.2 Å². The predicted molar refractivity (Wildman–Crippen MR) is 54.8 cm³/mol. The summed E-state index contributed by atoms with van der Waals surface area (Å²) < 4.78 is 1.20. The molecular weight excluding hydrogens is 304 g/mol. The average molecular weight is 310 g/mol. The van der Waals surface area contributed by atoms with Crippen LogP contribution in [0.4, 0.5) is 0 Å². The lowest BCUT2D eigenvalue weighted by Gasteiger charge is -2.03. The van der Waals surface area contributed by atoms with Crippen molar-refractivity contribution in [3.8, 4) is 5.75 Å². The molecule has 1 aromatic carbocycles. The fourth-order valence-corrected chi connectivity index (χ4v) is 2.01. The second-order valence-electron chi connectivity index (χ2n) is 2.47. The zero-order valence-electron chi connectivity index (χ0n) is 6.42. The Labute approximate surface area is 91.6 Å². The van der Waals surface area contributed by atoms with Gasteiger partial charge < -0.3 is 10.2 Å². The summed E-state index contributed by atoms with van der Waals surface area (Å²) in [5, 5.41) is 17.8. The van der Waals surface area contributed by atoms with Crippen molar-refractivity contribution in [3.05, 3.63) is 26.6 Å². The number of rotatable bonds is 2. The Morgan fingerprint density at radius 3 is 2.46 bits per heavy atom. The average Bonchev–Trinajstić information content (AvgIpc) is 1.99. The summed E-state index contributed by atoms with van der Waals surface area (Å²) in [7, 11) is 0. The van der Waals surface area contributed by atoms with E-state index in [2.05, 4.69) is 31.9 Å². The summed E-state index contributed by atoms with van der Waals surface area (Å²) in [6.45, 7) is 0. The van der Waals surface area contributed by atoms with E-state index < -0.39 is 5.97 Å². The first-order valence-electron chi connectivity index (χ1n) is 3.39. The van der Waals surface area contributed by atoms with E-state index >= 15 is 0 Å². The number of aromatic hydroxyl groups is 1. The second kappa shape index (κ2) is 4.11. The Kier molecular flexibility index (Phi) is 3.33. The molecule has 0 unspecified atom stereocenters. The number of benzene rings is 1. The summed E-state index contributed by atoms with van der Waals surface area (Å²) in [6.07, 6.45) is -0.110. The molecule has 1 aromatic rings. The van der Waals surface area contributed by atoms with Crippen LogP contribution < -0.4 is 0 Å². The number of phenolic OH excluding ortho intramolecular Hbond substituents is 1. The molecule has 0 saturated carbocycles. The van der Waals surface area contributed by atoms with E-state index in [9.17, 15) is 9.90 Å². The van der Waals surface area contributed by atoms with Crippen molar-refractivity contribution in [3.63, 3.8) is 0 Å². The topological polar surface area (TPSA) is 57.5 Å². The molecule has 0 spiro atoms. The van der Waals surface area contributed by atoms with Crippen LogP contribution >= 0.6 is 31.9 Å². The monoisotopic (exact) mass is 308 g/mol. The van der Waals surface area contributed by atoms with E-state index in [1.165, 1.54) is 6.07 Å². The van der Waals surface area contributed by atoms with Gasteiger partial charge in [-0.1, -0.05) is 15.9 Å². The van der Waals surface area contributed by atoms with Crippen molar-refractivity contribution >= 4 is 37.8 Å². The number of carbonyl (C=O) groups is 1. The van der Waals surface area contributed by atoms with Gasteiger partial charge in [-0.2, -0.15) is 0 Å². The largest absolute Gasteiger partial charge is 0.507 e. The SMILES string of the molecule is O=C(O)Cc1cc(O)c(Br)cc1Br. The molecule has 0 heterocycles. The van der Waals surface area contributed by atoms with Crippen molar-refractivity contribution in [1.82, 2.24) is 0 Å². The highest BCUT2D eigenvalue weighted by atomic mass is 79.9. The maximum Gasteiger partial charge on any atom is 0.307 e. The molecule has 0 fully saturated rings. The third-order valence-electron chi connectivity index (χ3n) is 1.46. The van der Waals surface area contributed by atoms with Gasteiger partial charge >= 0.3 is 5.97 Å². The lowest BCUT2D eigenvalue weighted by atomic mass is 10.1. The number of hydrogen-bond acceptors (Lipinski definition) is 2. The summed E-state index contributed by atoms with van der Waals surface area (Å²) in [6, 6.07) is 3.04. The van der Waals surface area contributed by atoms with Crippen LogP contribution in [-0.2, 0) is 11.2 Å². The van der Waals surface area contributed by atoms with Gasteiger partial charge in [0.1, 0.15) is 5.75 Å². The van der Waals surface area contributed by atoms with E-state index in [1.54, 1.807) is 6.07 Å². The van der Waals surface area contributed by atoms with Gasteiger partial charge in [-0.25, -0.2) is 0 Å². The second-order valence-corrected chi connectivity index (χ2v) is 4.17. The summed E-state index contributed by atoms with van der Waals surface area (Å²) >= 11 is 6.32. The summed E-state index contributed by atoms with van der Waals surface area (Å²) in [4.78, 5) is 10.4. The van der Waals surface area contributed by atoms with Gasteiger partial charge in [-0.15, -0.1) is 0 Å². The minimum absolute atomic E-state index is 0.0412. The Morgan fingerprint density at radius 1 is 1.31 bits per heavy atom. The van der Waals surface area contributed by atoms with Crippen LogP contribution in [0.1, 0.15) is 5.56 Å². The molecule has 0 amide bonds. The molecule has 0 aliphatic carbocycles. The van der Waals surface area contributed by atoms with E-state index in [0.717, 1.165) is 0 Å². The zero-order valence-corrected chi connectivity index (χ0v) is 9.59. The molecule has 5 heteroatoms. The number of halogens is 2. The molecule has 0 bridgehead atoms. The van der Waals surface area contributed by atoms with Gasteiger partial charge in [0.25, 0.3) is 0 Å². The zero-order chi connectivity index (χ0) is 10.0. The minimum atomic E-state index is -0.928. The molecule has 0 radical (unpaired) electrons. The van der Waals surface area contributed by atoms with Gasteiger partial charge in [0.05, 0.1) is 10.9 Å². The highest BCUT2D eigenvalue weighted by molar-refractivity contribution is 9.11. The standard InChI is InChI=1S/C8H6Br2O3/c9-5-3-6(10)7(11)1-4(5)2-8(12)13/h1,3,11H,2H2,(H,12,13). The number of phenols is 1. The van der Waals surface area contributed by atoms with Crippen LogP contribution in [0.2, 0.25) is 0 Å². The first-order chi connectivity index (χ1) is 6.00. The quantitative estimate of drug-likeness (QED) is 0.882. The number of carboxylic acids is 1. The van der Waals surface area contributed by atoms with Gasteiger partial charge in [-0.3, -0.25) is 4.79 Å². The molecule has 0 aliphatic heterocycles. The van der Waals surface area contributed by atoms with Crippen LogP contribution in [0.3, 0.4) is 0 Å². The van der Waals surface area contributed by atoms with Gasteiger partial charge in [0.2, 0.25) is 0 Å². The fraction of sp³-hybridized carbons (Fsp3) is 0.125. The summed E-state index contributed by atoms with van der Waals surface area (Å²) in [5.41, 5.74) is 0.549. The van der Waals surface area contributed by atoms with Crippen LogP contribution in [0.5, 0.6) is 5.75 Å². The molecule has 13 heavy (non-hydrogen) atoms. The van der Waals surface area contributed by atoms with Crippen molar-refractivity contribution in [2.45, 2.75) is 6.42 Å². The van der Waals surface area contributed by atoms with Crippen LogP contribution in [0, 0.1) is 0 Å². The van der Waals surface area contributed by atoms with Crippen molar-refractivity contribution in [2.75, 3.05) is 0 Å². The minimum Gasteiger partial charge on any atom is -0.507 e. The Hall–Kier alpha value is -0.550. The van der Waals surface area contributed by atoms with Crippen LogP contribution in [0.15, 0.2) is 21.1 Å². The fourth-order valence-electron chi connectivity index (χ4n) is 0.879. The number of aliphatic carboxylic acids is 1. The smallest absolute Gasteiger partial charge is 0.307 e. The molecule has 2 N–H and O–H groups in total. The van der Waals surface area contributed by atoms with Gasteiger partial charge in [-0.05, 0) is 33.6 Å². The van der Waals surface area contributed by atoms with Crippen LogP contribution in [0.25, 0.3) is 0 Å². The Morgan fingerprint density at radius 2 is 1.92 bits per heavy atom. The lowest BCUT2D eigenvalue weighted by molar-refractivity contribution is -0.136. The van der Waals surface area contributed by atoms with E-state index in [4.69, 9.17) is 5.11 Å². The van der Waals surface area contributed by atoms with E-state index in [1.807, 2.05) is 0 Å². The third kappa shape index (κ3) is 2.70. The number of hydrogen-bond donors (Lipinski definition) is 2. The molecule has 3 nitrogen and oxygen atoms in total. The number of carboxylic acid groups (broad SMARTS) is 1. The van der Waals surface area contributed by atoms with E-state index in [0.29, 0.717) is 14.5 Å². The Balaban J connectivity index is 3.08. The molecule has 0 aromatic heterocycles. The molecule has 0 aliphatic rings. The van der Waals surface area contributed by atoms with Crippen molar-refractivity contribution in [1.29, 1.82) is 0 Å². The first-order valence-corrected chi connectivity index (χ1v) is 4.98. The van der Waals surface area contributed by atoms with Crippen molar-refractivity contribution in [2.24, 2.45) is 0 Å². The van der Waals surface area contributed by atoms with Gasteiger partial charge in [0.15, 0.2) is 0 Å². The lowest BCUT2D eigenvalue weighted by Crippen LogP contribution is -2.00. The predicted octanol–water partition coefficient (Wildman–Crippen LogP) is 2.54. The summed E-state index contributed by atoms with van der Waals surface area (Å²) in [5.74, 6) is -0.887. The normalized spacial score (nSPS) is 10.0. The highest BCUT2D eigenvalue weighted by Crippen LogP contribution is 2.30. The molecule has 0 atom stereocenters. The first kappa shape index (κ1) is 10.5. The van der Waals surface area contributed by atoms with Crippen molar-refractivity contribution < 1.29 is 15.0 Å². The molecule has 70 valence electrons. The molecule has 1 rings (SSSR count). The third-order valence-corrected chi connectivity index (χ3v) is 2.83. The van der Waals surface area contributed by atoms with Crippen LogP contribution in [-0.4, -0.2) is 16.2 Å². The molecular formula is C8H6Br2O3.